The van der Waals surface area contributed by atoms with Crippen molar-refractivity contribution in [2.45, 2.75) is 11.8 Å². The van der Waals surface area contributed by atoms with Crippen LogP contribution in [0.5, 0.6) is 0 Å². The molecule has 1 atom stereocenters. The zero-order valence-corrected chi connectivity index (χ0v) is 8.71. The standard InChI is InChI=1S/C7H8ClNOS.ClH/c8-7(10)5-2-4-11-6-1-3-9(5)6;/h2,6H,1,3-4H2;1H. The Morgan fingerprint density at radius 3 is 2.92 bits per heavy atom. The fraction of sp³-hybridized carbons (Fsp3) is 0.571. The molecule has 2 heterocycles. The van der Waals surface area contributed by atoms with E-state index in [0.717, 1.165) is 12.3 Å². The number of carbonyl (C=O) groups excluding carboxylic acids is 1. The lowest BCUT2D eigenvalue weighted by molar-refractivity contribution is -0.110. The van der Waals surface area contributed by atoms with Gasteiger partial charge in [-0.15, -0.1) is 24.2 Å². The summed E-state index contributed by atoms with van der Waals surface area (Å²) in [7, 11) is 0. The van der Waals surface area contributed by atoms with Crippen LogP contribution in [0.25, 0.3) is 0 Å². The van der Waals surface area contributed by atoms with Gasteiger partial charge >= 0.3 is 0 Å². The molecule has 1 fully saturated rings. The SMILES string of the molecule is Cl.O=C(Cl)C1=CCSC2CCN12. The Bertz CT molecular complexity index is 231. The van der Waals surface area contributed by atoms with Crippen molar-refractivity contribution < 1.29 is 4.79 Å². The van der Waals surface area contributed by atoms with Gasteiger partial charge in [0, 0.05) is 12.3 Å². The largest absolute Gasteiger partial charge is 0.356 e. The minimum atomic E-state index is -0.310. The molecule has 2 aliphatic heterocycles. The molecule has 0 aromatic heterocycles. The molecule has 2 aliphatic rings. The Hall–Kier alpha value is 0.140. The molecule has 0 aromatic rings. The van der Waals surface area contributed by atoms with Crippen LogP contribution < -0.4 is 0 Å². The predicted octanol–water partition coefficient (Wildman–Crippen LogP) is 1.84. The van der Waals surface area contributed by atoms with Crippen LogP contribution in [0.1, 0.15) is 6.42 Å². The number of nitrogens with zero attached hydrogens (tertiary/aromatic N) is 1. The van der Waals surface area contributed by atoms with Crippen molar-refractivity contribution in [3.05, 3.63) is 11.8 Å². The van der Waals surface area contributed by atoms with Crippen molar-refractivity contribution in [1.82, 2.24) is 4.90 Å². The molecule has 12 heavy (non-hydrogen) atoms. The molecule has 0 radical (unpaired) electrons. The summed E-state index contributed by atoms with van der Waals surface area (Å²) in [4.78, 5) is 12.9. The number of rotatable bonds is 1. The lowest BCUT2D eigenvalue weighted by Crippen LogP contribution is -2.47. The highest BCUT2D eigenvalue weighted by Crippen LogP contribution is 2.36. The average molecular weight is 226 g/mol. The molecule has 0 saturated carbocycles. The Morgan fingerprint density at radius 2 is 2.50 bits per heavy atom. The molecule has 0 aromatic carbocycles. The summed E-state index contributed by atoms with van der Waals surface area (Å²) in [6.07, 6.45) is 3.10. The van der Waals surface area contributed by atoms with Gasteiger partial charge in [-0.3, -0.25) is 4.79 Å². The van der Waals surface area contributed by atoms with Gasteiger partial charge in [0.05, 0.1) is 11.1 Å². The first-order valence-electron chi connectivity index (χ1n) is 3.57. The molecular weight excluding hydrogens is 217 g/mol. The number of allylic oxidation sites excluding steroid dienone is 1. The van der Waals surface area contributed by atoms with Gasteiger partial charge in [-0.05, 0) is 24.1 Å². The van der Waals surface area contributed by atoms with Crippen molar-refractivity contribution >= 4 is 41.0 Å². The molecule has 0 aliphatic carbocycles. The van der Waals surface area contributed by atoms with Gasteiger partial charge in [0.25, 0.3) is 5.24 Å². The molecule has 1 unspecified atom stereocenters. The van der Waals surface area contributed by atoms with E-state index in [1.165, 1.54) is 6.42 Å². The van der Waals surface area contributed by atoms with E-state index in [9.17, 15) is 4.79 Å². The molecule has 0 amide bonds. The summed E-state index contributed by atoms with van der Waals surface area (Å²) in [6.45, 7) is 0.988. The van der Waals surface area contributed by atoms with Gasteiger partial charge in [-0.1, -0.05) is 0 Å². The van der Waals surface area contributed by atoms with E-state index in [1.54, 1.807) is 0 Å². The molecule has 0 N–H and O–H groups in total. The van der Waals surface area contributed by atoms with Crippen LogP contribution in [-0.2, 0) is 4.79 Å². The number of carbonyl (C=O) groups is 1. The molecule has 2 nitrogen and oxygen atoms in total. The van der Waals surface area contributed by atoms with Crippen LogP contribution in [0.3, 0.4) is 0 Å². The van der Waals surface area contributed by atoms with Crippen molar-refractivity contribution in [3.8, 4) is 0 Å². The molecule has 5 heteroatoms. The third kappa shape index (κ3) is 1.58. The normalized spacial score (nSPS) is 26.2. The highest BCUT2D eigenvalue weighted by atomic mass is 35.5. The molecule has 0 bridgehead atoms. The first kappa shape index (κ1) is 10.2. The lowest BCUT2D eigenvalue weighted by atomic mass is 10.2. The van der Waals surface area contributed by atoms with Crippen molar-refractivity contribution in [3.63, 3.8) is 0 Å². The fourth-order valence-electron chi connectivity index (χ4n) is 1.36. The second-order valence-electron chi connectivity index (χ2n) is 2.63. The van der Waals surface area contributed by atoms with Gasteiger partial charge in [0.1, 0.15) is 0 Å². The molecule has 2 rings (SSSR count). The Balaban J connectivity index is 0.000000720. The topological polar surface area (TPSA) is 20.3 Å². The number of thioether (sulfide) groups is 1. The predicted molar refractivity (Wildman–Crippen MR) is 53.8 cm³/mol. The van der Waals surface area contributed by atoms with Crippen LogP contribution in [0.15, 0.2) is 11.8 Å². The number of hydrogen-bond acceptors (Lipinski definition) is 3. The molecule has 1 saturated heterocycles. The monoisotopic (exact) mass is 225 g/mol. The van der Waals surface area contributed by atoms with Gasteiger partial charge < -0.3 is 4.90 Å². The Kier molecular flexibility index (Phi) is 3.32. The maximum atomic E-state index is 10.8. The maximum Gasteiger partial charge on any atom is 0.268 e. The summed E-state index contributed by atoms with van der Waals surface area (Å²) in [6, 6.07) is 0. The number of halogens is 2. The van der Waals surface area contributed by atoms with Crippen LogP contribution in [0, 0.1) is 0 Å². The van der Waals surface area contributed by atoms with Gasteiger partial charge in [0.15, 0.2) is 0 Å². The van der Waals surface area contributed by atoms with Crippen LogP contribution >= 0.6 is 35.8 Å². The second-order valence-corrected chi connectivity index (χ2v) is 4.19. The van der Waals surface area contributed by atoms with E-state index in [2.05, 4.69) is 4.90 Å². The highest BCUT2D eigenvalue weighted by molar-refractivity contribution is 8.00. The quantitative estimate of drug-likeness (QED) is 0.636. The van der Waals surface area contributed by atoms with E-state index in [1.807, 2.05) is 17.8 Å². The van der Waals surface area contributed by atoms with Crippen LogP contribution in [-0.4, -0.2) is 27.8 Å². The molecule has 0 spiro atoms. The van der Waals surface area contributed by atoms with Crippen LogP contribution in [0.4, 0.5) is 0 Å². The van der Waals surface area contributed by atoms with E-state index in [4.69, 9.17) is 11.6 Å². The van der Waals surface area contributed by atoms with Crippen molar-refractivity contribution in [2.75, 3.05) is 12.3 Å². The first-order chi connectivity index (χ1) is 5.29. The minimum Gasteiger partial charge on any atom is -0.356 e. The zero-order chi connectivity index (χ0) is 7.84. The first-order valence-corrected chi connectivity index (χ1v) is 5.00. The van der Waals surface area contributed by atoms with E-state index in [-0.39, 0.29) is 17.6 Å². The number of hydrogen-bond donors (Lipinski definition) is 0. The summed E-state index contributed by atoms with van der Waals surface area (Å²) in [5.41, 5.74) is 0.710. The third-order valence-corrected chi connectivity index (χ3v) is 3.47. The van der Waals surface area contributed by atoms with Crippen LogP contribution in [0.2, 0.25) is 0 Å². The Labute approximate surface area is 86.7 Å². The highest BCUT2D eigenvalue weighted by Gasteiger charge is 2.34. The summed E-state index contributed by atoms with van der Waals surface area (Å²) < 4.78 is 0. The molecule has 68 valence electrons. The van der Waals surface area contributed by atoms with Gasteiger partial charge in [-0.2, -0.15) is 0 Å². The average Bonchev–Trinajstić information content (AvgIpc) is 1.90. The minimum absolute atomic E-state index is 0. The lowest BCUT2D eigenvalue weighted by Gasteiger charge is -2.44. The second kappa shape index (κ2) is 3.90. The smallest absolute Gasteiger partial charge is 0.268 e. The van der Waals surface area contributed by atoms with Crippen molar-refractivity contribution in [1.29, 1.82) is 0 Å². The van der Waals surface area contributed by atoms with E-state index in [0.29, 0.717) is 11.1 Å². The van der Waals surface area contributed by atoms with E-state index >= 15 is 0 Å². The molecular formula is C7H9Cl2NOS. The van der Waals surface area contributed by atoms with Gasteiger partial charge in [-0.25, -0.2) is 0 Å². The third-order valence-electron chi connectivity index (χ3n) is 2.04. The Morgan fingerprint density at radius 1 is 1.75 bits per heavy atom. The summed E-state index contributed by atoms with van der Waals surface area (Å²) >= 11 is 7.27. The van der Waals surface area contributed by atoms with E-state index < -0.39 is 0 Å². The van der Waals surface area contributed by atoms with Crippen molar-refractivity contribution in [2.24, 2.45) is 0 Å². The summed E-state index contributed by atoms with van der Waals surface area (Å²) in [5, 5.41) is 0.215. The zero-order valence-electron chi connectivity index (χ0n) is 6.33. The summed E-state index contributed by atoms with van der Waals surface area (Å²) in [5.74, 6) is 0.926. The maximum absolute atomic E-state index is 10.8. The van der Waals surface area contributed by atoms with Gasteiger partial charge in [0.2, 0.25) is 0 Å². The number of fused-ring (bicyclic) bond motifs is 1. The fourth-order valence-corrected chi connectivity index (χ4v) is 2.69.